The zero-order valence-corrected chi connectivity index (χ0v) is 22.3. The van der Waals surface area contributed by atoms with E-state index in [0.717, 1.165) is 0 Å². The second kappa shape index (κ2) is 11.7. The number of hydrogen-bond acceptors (Lipinski definition) is 7. The lowest BCUT2D eigenvalue weighted by Gasteiger charge is -2.29. The number of hydrogen-bond donors (Lipinski definition) is 0. The topological polar surface area (TPSA) is 121 Å². The average molecular weight is 551 g/mol. The maximum Gasteiger partial charge on any atom is 0.269 e. The van der Waals surface area contributed by atoms with Gasteiger partial charge in [0.05, 0.1) is 47.5 Å². The minimum absolute atomic E-state index is 0.0433. The van der Waals surface area contributed by atoms with Gasteiger partial charge < -0.3 is 14.1 Å². The molecule has 0 aliphatic rings. The number of carbonyl (C=O) groups is 1. The van der Waals surface area contributed by atoms with Crippen LogP contribution < -0.4 is 10.3 Å². The van der Waals surface area contributed by atoms with Gasteiger partial charge >= 0.3 is 0 Å². The molecule has 0 aliphatic carbocycles. The van der Waals surface area contributed by atoms with E-state index in [9.17, 15) is 19.7 Å². The lowest BCUT2D eigenvalue weighted by Crippen LogP contribution is -2.36. The molecule has 2 heterocycles. The molecule has 0 saturated carbocycles. The molecule has 0 bridgehead atoms. The molecule has 0 spiro atoms. The molecule has 1 unspecified atom stereocenters. The van der Waals surface area contributed by atoms with E-state index in [2.05, 4.69) is 0 Å². The third kappa shape index (κ3) is 5.62. The number of fused-ring (bicyclic) bond motifs is 1. The molecule has 5 aromatic rings. The molecule has 10 heteroatoms. The van der Waals surface area contributed by atoms with Crippen molar-refractivity contribution in [2.75, 3.05) is 7.11 Å². The van der Waals surface area contributed by atoms with E-state index in [1.807, 2.05) is 0 Å². The van der Waals surface area contributed by atoms with Crippen LogP contribution in [0.2, 0.25) is 0 Å². The van der Waals surface area contributed by atoms with Gasteiger partial charge in [-0.25, -0.2) is 4.98 Å². The summed E-state index contributed by atoms with van der Waals surface area (Å²) < 4.78 is 12.6. The third-order valence-corrected chi connectivity index (χ3v) is 6.68. The zero-order chi connectivity index (χ0) is 28.9. The van der Waals surface area contributed by atoms with Crippen LogP contribution in [0.5, 0.6) is 5.75 Å². The predicted octanol–water partition coefficient (Wildman–Crippen LogP) is 5.70. The Morgan fingerprint density at radius 2 is 1.80 bits per heavy atom. The molecule has 41 heavy (non-hydrogen) atoms. The Morgan fingerprint density at radius 1 is 1.07 bits per heavy atom. The van der Waals surface area contributed by atoms with Crippen molar-refractivity contribution < 1.29 is 18.9 Å². The number of ether oxygens (including phenoxy) is 1. The number of nitrogens with zero attached hydrogens (tertiary/aromatic N) is 4. The number of non-ortho nitro benzene ring substituents is 1. The van der Waals surface area contributed by atoms with Crippen molar-refractivity contribution in [3.63, 3.8) is 0 Å². The lowest BCUT2D eigenvalue weighted by atomic mass is 10.1. The molecule has 206 valence electrons. The van der Waals surface area contributed by atoms with Crippen LogP contribution in [-0.2, 0) is 11.3 Å². The molecule has 5 rings (SSSR count). The maximum absolute atomic E-state index is 13.9. The molecule has 1 atom stereocenters. The molecular weight excluding hydrogens is 524 g/mol. The fourth-order valence-electron chi connectivity index (χ4n) is 4.56. The number of carbonyl (C=O) groups excluding carboxylic acids is 1. The fourth-order valence-corrected chi connectivity index (χ4v) is 4.56. The summed E-state index contributed by atoms with van der Waals surface area (Å²) in [5, 5.41) is 11.4. The smallest absolute Gasteiger partial charge is 0.269 e. The standard InChI is InChI=1S/C31H26N4O6/c1-21(30-32-26-10-4-3-9-25(26)31(37)34(30)27-11-5-6-12-28(27)40-2)33(20-24-8-7-19-41-24)29(36)18-15-22-13-16-23(17-14-22)35(38)39/h3-19,21H,20H2,1-2H3. The summed E-state index contributed by atoms with van der Waals surface area (Å²) in [6.45, 7) is 1.90. The fraction of sp³-hybridized carbons (Fsp3) is 0.129. The van der Waals surface area contributed by atoms with Crippen molar-refractivity contribution in [3.8, 4) is 11.4 Å². The zero-order valence-electron chi connectivity index (χ0n) is 22.3. The first-order valence-corrected chi connectivity index (χ1v) is 12.8. The minimum Gasteiger partial charge on any atom is -0.495 e. The highest BCUT2D eigenvalue weighted by Gasteiger charge is 2.27. The van der Waals surface area contributed by atoms with Gasteiger partial charge in [-0.15, -0.1) is 0 Å². The molecule has 3 aromatic carbocycles. The van der Waals surface area contributed by atoms with Crippen LogP contribution in [0.1, 0.15) is 30.1 Å². The monoisotopic (exact) mass is 550 g/mol. The number of aromatic nitrogens is 2. The van der Waals surface area contributed by atoms with Crippen molar-refractivity contribution in [1.82, 2.24) is 14.5 Å². The highest BCUT2D eigenvalue weighted by Crippen LogP contribution is 2.29. The van der Waals surface area contributed by atoms with Crippen LogP contribution in [0.4, 0.5) is 5.69 Å². The highest BCUT2D eigenvalue weighted by molar-refractivity contribution is 5.92. The normalized spacial score (nSPS) is 12.0. The van der Waals surface area contributed by atoms with Gasteiger partial charge in [-0.2, -0.15) is 0 Å². The van der Waals surface area contributed by atoms with Crippen LogP contribution in [0.3, 0.4) is 0 Å². The summed E-state index contributed by atoms with van der Waals surface area (Å²) >= 11 is 0. The number of benzene rings is 3. The summed E-state index contributed by atoms with van der Waals surface area (Å²) in [6.07, 6.45) is 4.48. The molecule has 1 amide bonds. The quantitative estimate of drug-likeness (QED) is 0.131. The molecule has 0 saturated heterocycles. The number of methoxy groups -OCH3 is 1. The Bertz CT molecular complexity index is 1790. The van der Waals surface area contributed by atoms with Crippen LogP contribution >= 0.6 is 0 Å². The van der Waals surface area contributed by atoms with Crippen molar-refractivity contribution in [2.24, 2.45) is 0 Å². The second-order valence-electron chi connectivity index (χ2n) is 9.20. The lowest BCUT2D eigenvalue weighted by molar-refractivity contribution is -0.384. The van der Waals surface area contributed by atoms with Gasteiger partial charge in [-0.05, 0) is 67.1 Å². The Kier molecular flexibility index (Phi) is 7.73. The molecule has 0 fully saturated rings. The Balaban J connectivity index is 1.61. The summed E-state index contributed by atoms with van der Waals surface area (Å²) in [7, 11) is 1.52. The van der Waals surface area contributed by atoms with Gasteiger partial charge in [0, 0.05) is 18.2 Å². The Morgan fingerprint density at radius 3 is 2.51 bits per heavy atom. The van der Waals surface area contributed by atoms with E-state index in [-0.39, 0.29) is 23.7 Å². The molecule has 0 aliphatic heterocycles. The summed E-state index contributed by atoms with van der Waals surface area (Å²) in [5.41, 5.74) is 1.26. The number of furan rings is 1. The second-order valence-corrected chi connectivity index (χ2v) is 9.20. The van der Waals surface area contributed by atoms with E-state index in [0.29, 0.717) is 39.5 Å². The molecule has 2 aromatic heterocycles. The largest absolute Gasteiger partial charge is 0.495 e. The van der Waals surface area contributed by atoms with Crippen molar-refractivity contribution in [1.29, 1.82) is 0 Å². The summed E-state index contributed by atoms with van der Waals surface area (Å²) in [5.74, 6) is 0.978. The first-order valence-electron chi connectivity index (χ1n) is 12.8. The van der Waals surface area contributed by atoms with Gasteiger partial charge in [-0.3, -0.25) is 24.3 Å². The number of nitro groups is 1. The van der Waals surface area contributed by atoms with E-state index in [1.54, 1.807) is 90.7 Å². The van der Waals surface area contributed by atoms with Crippen molar-refractivity contribution in [3.05, 3.63) is 135 Å². The number of nitro benzene ring substituents is 1. The van der Waals surface area contributed by atoms with Crippen molar-refractivity contribution >= 4 is 28.6 Å². The summed E-state index contributed by atoms with van der Waals surface area (Å²) in [4.78, 5) is 44.5. The van der Waals surface area contributed by atoms with Gasteiger partial charge in [-0.1, -0.05) is 24.3 Å². The van der Waals surface area contributed by atoms with Gasteiger partial charge in [0.2, 0.25) is 5.91 Å². The predicted molar refractivity (Wildman–Crippen MR) is 154 cm³/mol. The molecule has 10 nitrogen and oxygen atoms in total. The molecule has 0 N–H and O–H groups in total. The first kappa shape index (κ1) is 27.1. The molecular formula is C31H26N4O6. The number of para-hydroxylation sites is 3. The van der Waals surface area contributed by atoms with Crippen LogP contribution in [0, 0.1) is 10.1 Å². The van der Waals surface area contributed by atoms with Gasteiger partial charge in [0.15, 0.2) is 0 Å². The van der Waals surface area contributed by atoms with Crippen LogP contribution in [-0.4, -0.2) is 32.4 Å². The van der Waals surface area contributed by atoms with Crippen molar-refractivity contribution in [2.45, 2.75) is 19.5 Å². The maximum atomic E-state index is 13.9. The average Bonchev–Trinajstić information content (AvgIpc) is 3.52. The summed E-state index contributed by atoms with van der Waals surface area (Å²) in [6, 6.07) is 22.8. The Hall–Kier alpha value is -5.51. The van der Waals surface area contributed by atoms with Gasteiger partial charge in [0.1, 0.15) is 17.3 Å². The third-order valence-electron chi connectivity index (χ3n) is 6.68. The van der Waals surface area contributed by atoms with Gasteiger partial charge in [0.25, 0.3) is 11.2 Å². The van der Waals surface area contributed by atoms with E-state index in [1.165, 1.54) is 36.1 Å². The molecule has 0 radical (unpaired) electrons. The Labute approximate surface area is 234 Å². The SMILES string of the molecule is COc1ccccc1-n1c(C(C)N(Cc2ccco2)C(=O)C=Cc2ccc([N+](=O)[O-])cc2)nc2ccccc2c1=O. The van der Waals surface area contributed by atoms with E-state index < -0.39 is 11.0 Å². The van der Waals surface area contributed by atoms with Crippen LogP contribution in [0.25, 0.3) is 22.7 Å². The number of rotatable bonds is 9. The first-order chi connectivity index (χ1) is 19.9. The van der Waals surface area contributed by atoms with Crippen LogP contribution in [0.15, 0.2) is 106 Å². The van der Waals surface area contributed by atoms with E-state index >= 15 is 0 Å². The van der Waals surface area contributed by atoms with E-state index in [4.69, 9.17) is 14.1 Å². The number of amides is 1. The highest BCUT2D eigenvalue weighted by atomic mass is 16.6. The minimum atomic E-state index is -0.698.